The number of benzene rings is 1. The van der Waals surface area contributed by atoms with Crippen LogP contribution in [0.25, 0.3) is 0 Å². The van der Waals surface area contributed by atoms with E-state index in [1.807, 2.05) is 13.8 Å². The van der Waals surface area contributed by atoms with Gasteiger partial charge in [0, 0.05) is 24.7 Å². The number of nitrogens with two attached hydrogens (primary N) is 1. The van der Waals surface area contributed by atoms with E-state index in [0.29, 0.717) is 12.3 Å². The summed E-state index contributed by atoms with van der Waals surface area (Å²) in [4.78, 5) is 9.94. The molecule has 0 aliphatic carbocycles. The van der Waals surface area contributed by atoms with Crippen molar-refractivity contribution in [3.8, 4) is 0 Å². The quantitative estimate of drug-likeness (QED) is 0.580. The minimum Gasteiger partial charge on any atom is -0.329 e. The van der Waals surface area contributed by atoms with Crippen LogP contribution < -0.4 is 10.5 Å². The molecular formula is C12H20ClN3O4S. The van der Waals surface area contributed by atoms with Gasteiger partial charge >= 0.3 is 0 Å². The minimum atomic E-state index is -3.71. The Labute approximate surface area is 130 Å². The van der Waals surface area contributed by atoms with Crippen molar-refractivity contribution in [3.05, 3.63) is 34.4 Å². The molecule has 0 aliphatic heterocycles. The van der Waals surface area contributed by atoms with Crippen molar-refractivity contribution in [3.63, 3.8) is 0 Å². The van der Waals surface area contributed by atoms with Gasteiger partial charge in [-0.25, -0.2) is 13.1 Å². The third-order valence-corrected chi connectivity index (χ3v) is 4.26. The highest BCUT2D eigenvalue weighted by molar-refractivity contribution is 7.89. The van der Waals surface area contributed by atoms with Gasteiger partial charge < -0.3 is 5.73 Å². The second-order valence-electron chi connectivity index (χ2n) is 4.93. The first kappa shape index (κ1) is 19.8. The van der Waals surface area contributed by atoms with Gasteiger partial charge in [0.05, 0.1) is 9.82 Å². The standard InChI is InChI=1S/C12H19N3O4S.ClH/c1-9(2)7-10(8-13)14-20(18,19)12-5-3-11(4-6-12)15(16)17;/h3-6,9-10,14H,7-8,13H2,1-2H3;1H. The number of rotatable bonds is 7. The molecule has 7 nitrogen and oxygen atoms in total. The van der Waals surface area contributed by atoms with Gasteiger partial charge in [0.25, 0.3) is 5.69 Å². The largest absolute Gasteiger partial charge is 0.329 e. The molecule has 0 amide bonds. The minimum absolute atomic E-state index is 0. The summed E-state index contributed by atoms with van der Waals surface area (Å²) in [5, 5.41) is 10.5. The Balaban J connectivity index is 0.00000400. The van der Waals surface area contributed by atoms with Crippen LogP contribution in [-0.2, 0) is 10.0 Å². The van der Waals surface area contributed by atoms with Crippen LogP contribution in [0.4, 0.5) is 5.69 Å². The molecule has 3 N–H and O–H groups in total. The van der Waals surface area contributed by atoms with Crippen LogP contribution in [0.3, 0.4) is 0 Å². The van der Waals surface area contributed by atoms with E-state index in [9.17, 15) is 18.5 Å². The van der Waals surface area contributed by atoms with Gasteiger partial charge in [-0.1, -0.05) is 13.8 Å². The van der Waals surface area contributed by atoms with E-state index in [2.05, 4.69) is 4.72 Å². The van der Waals surface area contributed by atoms with Crippen LogP contribution in [0, 0.1) is 16.0 Å². The fourth-order valence-electron chi connectivity index (χ4n) is 1.80. The summed E-state index contributed by atoms with van der Waals surface area (Å²) >= 11 is 0. The van der Waals surface area contributed by atoms with Crippen molar-refractivity contribution in [2.45, 2.75) is 31.2 Å². The number of nitrogens with one attached hydrogen (secondary N) is 1. The maximum absolute atomic E-state index is 12.1. The highest BCUT2D eigenvalue weighted by atomic mass is 35.5. The van der Waals surface area contributed by atoms with Crippen molar-refractivity contribution in [1.82, 2.24) is 4.72 Å². The van der Waals surface area contributed by atoms with Crippen LogP contribution in [0.5, 0.6) is 0 Å². The highest BCUT2D eigenvalue weighted by Crippen LogP contribution is 2.16. The molecule has 1 atom stereocenters. The average Bonchev–Trinajstić information content (AvgIpc) is 2.37. The molecule has 0 fully saturated rings. The van der Waals surface area contributed by atoms with Gasteiger partial charge in [-0.2, -0.15) is 0 Å². The summed E-state index contributed by atoms with van der Waals surface area (Å²) in [6, 6.07) is 4.39. The maximum atomic E-state index is 12.1. The molecular weight excluding hydrogens is 318 g/mol. The summed E-state index contributed by atoms with van der Waals surface area (Å²) in [6.07, 6.45) is 0.628. The molecule has 0 spiro atoms. The van der Waals surface area contributed by atoms with Gasteiger partial charge in [-0.3, -0.25) is 10.1 Å². The topological polar surface area (TPSA) is 115 Å². The van der Waals surface area contributed by atoms with Crippen LogP contribution in [0.2, 0.25) is 0 Å². The van der Waals surface area contributed by atoms with Crippen molar-refractivity contribution in [2.75, 3.05) is 6.54 Å². The summed E-state index contributed by atoms with van der Waals surface area (Å²) in [5.41, 5.74) is 5.40. The molecule has 9 heteroatoms. The lowest BCUT2D eigenvalue weighted by Gasteiger charge is -2.18. The molecule has 0 radical (unpaired) electrons. The van der Waals surface area contributed by atoms with E-state index < -0.39 is 14.9 Å². The number of non-ortho nitro benzene ring substituents is 1. The predicted octanol–water partition coefficient (Wildman–Crippen LogP) is 1.67. The van der Waals surface area contributed by atoms with Gasteiger partial charge in [-0.15, -0.1) is 12.4 Å². The van der Waals surface area contributed by atoms with Crippen molar-refractivity contribution < 1.29 is 13.3 Å². The summed E-state index contributed by atoms with van der Waals surface area (Å²) < 4.78 is 26.8. The number of halogens is 1. The SMILES string of the molecule is CC(C)CC(CN)NS(=O)(=O)c1ccc([N+](=O)[O-])cc1.Cl. The Morgan fingerprint density at radius 2 is 1.81 bits per heavy atom. The molecule has 0 heterocycles. The molecule has 0 aliphatic rings. The monoisotopic (exact) mass is 337 g/mol. The molecule has 0 aromatic heterocycles. The molecule has 120 valence electrons. The van der Waals surface area contributed by atoms with Crippen molar-refractivity contribution in [2.24, 2.45) is 11.7 Å². The Morgan fingerprint density at radius 3 is 2.19 bits per heavy atom. The second-order valence-corrected chi connectivity index (χ2v) is 6.65. The van der Waals surface area contributed by atoms with Crippen LogP contribution in [0.1, 0.15) is 20.3 Å². The fourth-order valence-corrected chi connectivity index (χ4v) is 3.06. The zero-order chi connectivity index (χ0) is 15.3. The number of hydrogen-bond acceptors (Lipinski definition) is 5. The molecule has 21 heavy (non-hydrogen) atoms. The third kappa shape index (κ3) is 5.96. The van der Waals surface area contributed by atoms with E-state index in [4.69, 9.17) is 5.73 Å². The predicted molar refractivity (Wildman–Crippen MR) is 83.0 cm³/mol. The lowest BCUT2D eigenvalue weighted by atomic mass is 10.1. The number of nitro groups is 1. The third-order valence-electron chi connectivity index (χ3n) is 2.72. The molecule has 0 saturated carbocycles. The molecule has 1 aromatic carbocycles. The smallest absolute Gasteiger partial charge is 0.269 e. The Bertz CT molecular complexity index is 560. The second kappa shape index (κ2) is 8.28. The fraction of sp³-hybridized carbons (Fsp3) is 0.500. The number of sulfonamides is 1. The molecule has 1 unspecified atom stereocenters. The van der Waals surface area contributed by atoms with Crippen LogP contribution >= 0.6 is 12.4 Å². The maximum Gasteiger partial charge on any atom is 0.269 e. The molecule has 0 saturated heterocycles. The Kier molecular flexibility index (Phi) is 7.80. The van der Waals surface area contributed by atoms with Gasteiger partial charge in [-0.05, 0) is 24.5 Å². The van der Waals surface area contributed by atoms with E-state index >= 15 is 0 Å². The number of nitrogens with zero attached hydrogens (tertiary/aromatic N) is 1. The van der Waals surface area contributed by atoms with Gasteiger partial charge in [0.15, 0.2) is 0 Å². The molecule has 1 aromatic rings. The first-order valence-corrected chi connectivity index (χ1v) is 7.71. The summed E-state index contributed by atoms with van der Waals surface area (Å²) in [7, 11) is -3.71. The first-order valence-electron chi connectivity index (χ1n) is 6.23. The Morgan fingerprint density at radius 1 is 1.29 bits per heavy atom. The zero-order valence-corrected chi connectivity index (χ0v) is 13.5. The first-order chi connectivity index (χ1) is 9.26. The highest BCUT2D eigenvalue weighted by Gasteiger charge is 2.20. The van der Waals surface area contributed by atoms with E-state index in [-0.39, 0.29) is 35.6 Å². The van der Waals surface area contributed by atoms with E-state index in [1.165, 1.54) is 12.1 Å². The van der Waals surface area contributed by atoms with Crippen molar-refractivity contribution in [1.29, 1.82) is 0 Å². The van der Waals surface area contributed by atoms with E-state index in [0.717, 1.165) is 12.1 Å². The van der Waals surface area contributed by atoms with Crippen LogP contribution in [0.15, 0.2) is 29.2 Å². The van der Waals surface area contributed by atoms with Crippen LogP contribution in [-0.4, -0.2) is 25.9 Å². The van der Waals surface area contributed by atoms with Gasteiger partial charge in [0.2, 0.25) is 10.0 Å². The number of nitro benzene ring substituents is 1. The Hall–Kier alpha value is -1.22. The summed E-state index contributed by atoms with van der Waals surface area (Å²) in [6.45, 7) is 4.15. The molecule has 0 bridgehead atoms. The normalized spacial score (nSPS) is 12.8. The lowest BCUT2D eigenvalue weighted by molar-refractivity contribution is -0.384. The summed E-state index contributed by atoms with van der Waals surface area (Å²) in [5.74, 6) is 0.308. The van der Waals surface area contributed by atoms with E-state index in [1.54, 1.807) is 0 Å². The zero-order valence-electron chi connectivity index (χ0n) is 11.9. The van der Waals surface area contributed by atoms with Gasteiger partial charge in [0.1, 0.15) is 0 Å². The lowest BCUT2D eigenvalue weighted by Crippen LogP contribution is -2.40. The average molecular weight is 338 g/mol. The molecule has 1 rings (SSSR count). The van der Waals surface area contributed by atoms with Crippen molar-refractivity contribution >= 4 is 28.1 Å². The number of hydrogen-bond donors (Lipinski definition) is 2.